The average molecular weight is 459 g/mol. The van der Waals surface area contributed by atoms with Crippen molar-refractivity contribution in [3.63, 3.8) is 0 Å². The largest absolute Gasteiger partial charge is 0.326 e. The molecule has 168 valence electrons. The van der Waals surface area contributed by atoms with Crippen molar-refractivity contribution in [3.05, 3.63) is 94.9 Å². The first-order valence-corrected chi connectivity index (χ1v) is 12.8. The smallest absolute Gasteiger partial charge is 0.236 e. The average Bonchev–Trinajstić information content (AvgIpc) is 3.21. The number of fused-ring (bicyclic) bond motifs is 3. The van der Waals surface area contributed by atoms with Gasteiger partial charge in [0.2, 0.25) is 15.9 Å². The molecule has 0 spiro atoms. The number of carbonyl (C=O) groups is 1. The summed E-state index contributed by atoms with van der Waals surface area (Å²) in [6, 6.07) is 23.8. The van der Waals surface area contributed by atoms with Crippen LogP contribution in [0.4, 0.5) is 5.69 Å². The van der Waals surface area contributed by atoms with Gasteiger partial charge in [-0.25, -0.2) is 8.42 Å². The predicted octanol–water partition coefficient (Wildman–Crippen LogP) is 4.91. The number of amides is 1. The van der Waals surface area contributed by atoms with Gasteiger partial charge >= 0.3 is 0 Å². The number of carbonyl (C=O) groups excluding carboxylic acids is 1. The Kier molecular flexibility index (Phi) is 5.87. The number of hydrogen-bond donors (Lipinski definition) is 1. The first-order valence-electron chi connectivity index (χ1n) is 11.2. The molecule has 0 atom stereocenters. The maximum absolute atomic E-state index is 12.9. The van der Waals surface area contributed by atoms with E-state index in [4.69, 9.17) is 0 Å². The van der Waals surface area contributed by atoms with E-state index in [9.17, 15) is 13.2 Å². The lowest BCUT2D eigenvalue weighted by Gasteiger charge is -2.29. The summed E-state index contributed by atoms with van der Waals surface area (Å²) in [7, 11) is -3.50. The highest BCUT2D eigenvalue weighted by molar-refractivity contribution is 7.92. The zero-order valence-electron chi connectivity index (χ0n) is 18.3. The first kappa shape index (κ1) is 21.6. The van der Waals surface area contributed by atoms with Crippen LogP contribution in [-0.4, -0.2) is 31.7 Å². The zero-order valence-corrected chi connectivity index (χ0v) is 19.1. The maximum Gasteiger partial charge on any atom is 0.236 e. The van der Waals surface area contributed by atoms with Gasteiger partial charge in [-0.2, -0.15) is 4.31 Å². The quantitative estimate of drug-likeness (QED) is 0.462. The molecular weight excluding hydrogens is 432 g/mol. The Morgan fingerprint density at radius 3 is 2.36 bits per heavy atom. The summed E-state index contributed by atoms with van der Waals surface area (Å²) in [6.07, 6.45) is 3.52. The van der Waals surface area contributed by atoms with Crippen LogP contribution in [0.3, 0.4) is 0 Å². The summed E-state index contributed by atoms with van der Waals surface area (Å²) in [5.41, 5.74) is 6.66. The predicted molar refractivity (Wildman–Crippen MR) is 132 cm³/mol. The van der Waals surface area contributed by atoms with Crippen LogP contribution in [0, 0.1) is 5.92 Å². The number of nitrogens with zero attached hydrogens (tertiary/aromatic N) is 1. The molecule has 0 saturated carbocycles. The molecule has 3 aromatic rings. The molecule has 5 rings (SSSR count). The van der Waals surface area contributed by atoms with E-state index in [0.717, 1.165) is 17.7 Å². The summed E-state index contributed by atoms with van der Waals surface area (Å²) in [6.45, 7) is 0.693. The molecule has 6 heteroatoms. The third-order valence-corrected chi connectivity index (χ3v) is 8.04. The van der Waals surface area contributed by atoms with E-state index < -0.39 is 10.0 Å². The van der Waals surface area contributed by atoms with Crippen LogP contribution >= 0.6 is 0 Å². The second kappa shape index (κ2) is 8.96. The van der Waals surface area contributed by atoms with Gasteiger partial charge in [-0.05, 0) is 65.3 Å². The third kappa shape index (κ3) is 4.63. The molecule has 33 heavy (non-hydrogen) atoms. The molecule has 1 heterocycles. The minimum absolute atomic E-state index is 0.0395. The van der Waals surface area contributed by atoms with Crippen LogP contribution < -0.4 is 5.32 Å². The Hall–Kier alpha value is -3.22. The molecule has 1 saturated heterocycles. The Morgan fingerprint density at radius 2 is 1.58 bits per heavy atom. The van der Waals surface area contributed by atoms with Crippen LogP contribution in [0.25, 0.3) is 17.2 Å². The lowest BCUT2D eigenvalue weighted by atomic mass is 9.97. The molecule has 5 nitrogen and oxygen atoms in total. The van der Waals surface area contributed by atoms with E-state index in [1.165, 1.54) is 32.0 Å². The van der Waals surface area contributed by atoms with E-state index in [0.29, 0.717) is 25.9 Å². The molecule has 0 aromatic heterocycles. The number of sulfonamides is 1. The minimum atomic E-state index is -3.50. The first-order chi connectivity index (χ1) is 16.0. The van der Waals surface area contributed by atoms with E-state index in [1.807, 2.05) is 42.5 Å². The Labute approximate surface area is 194 Å². The highest BCUT2D eigenvalue weighted by atomic mass is 32.2. The van der Waals surface area contributed by atoms with Gasteiger partial charge in [-0.1, -0.05) is 60.7 Å². The summed E-state index contributed by atoms with van der Waals surface area (Å²) in [4.78, 5) is 12.9. The molecule has 0 radical (unpaired) electrons. The van der Waals surface area contributed by atoms with E-state index in [1.54, 1.807) is 6.08 Å². The lowest BCUT2D eigenvalue weighted by molar-refractivity contribution is -0.120. The van der Waals surface area contributed by atoms with Crippen molar-refractivity contribution in [2.75, 3.05) is 18.4 Å². The molecule has 1 N–H and O–H groups in total. The molecule has 2 aliphatic rings. The monoisotopic (exact) mass is 458 g/mol. The van der Waals surface area contributed by atoms with Crippen molar-refractivity contribution >= 4 is 27.7 Å². The topological polar surface area (TPSA) is 66.5 Å². The van der Waals surface area contributed by atoms with Crippen molar-refractivity contribution in [1.82, 2.24) is 4.31 Å². The molecule has 1 amide bonds. The van der Waals surface area contributed by atoms with Gasteiger partial charge in [-0.15, -0.1) is 0 Å². The van der Waals surface area contributed by atoms with Crippen LogP contribution in [-0.2, 0) is 21.2 Å². The van der Waals surface area contributed by atoms with Gasteiger partial charge < -0.3 is 5.32 Å². The molecular formula is C27H26N2O3S. The molecule has 1 aliphatic carbocycles. The fourth-order valence-electron chi connectivity index (χ4n) is 4.65. The van der Waals surface area contributed by atoms with Crippen molar-refractivity contribution in [1.29, 1.82) is 0 Å². The number of nitrogens with one attached hydrogen (secondary N) is 1. The van der Waals surface area contributed by atoms with Crippen molar-refractivity contribution in [3.8, 4) is 11.1 Å². The summed E-state index contributed by atoms with van der Waals surface area (Å²) >= 11 is 0. The SMILES string of the molecule is O=C(Nc1ccc2c(c1)Cc1ccccc1-2)C1CCN(S(=O)(=O)/C=C/c2ccccc2)CC1. The second-order valence-electron chi connectivity index (χ2n) is 8.63. The molecule has 3 aromatic carbocycles. The summed E-state index contributed by atoms with van der Waals surface area (Å²) in [5, 5.41) is 4.30. The van der Waals surface area contributed by atoms with Crippen LogP contribution in [0.5, 0.6) is 0 Å². The lowest BCUT2D eigenvalue weighted by Crippen LogP contribution is -2.40. The second-order valence-corrected chi connectivity index (χ2v) is 10.4. The van der Waals surface area contributed by atoms with Gasteiger partial charge in [0, 0.05) is 30.1 Å². The van der Waals surface area contributed by atoms with Crippen LogP contribution in [0.1, 0.15) is 29.5 Å². The van der Waals surface area contributed by atoms with Crippen molar-refractivity contribution in [2.45, 2.75) is 19.3 Å². The number of anilines is 1. The summed E-state index contributed by atoms with van der Waals surface area (Å²) in [5.74, 6) is -0.234. The molecule has 1 aliphatic heterocycles. The van der Waals surface area contributed by atoms with Crippen LogP contribution in [0.2, 0.25) is 0 Å². The Balaban J connectivity index is 1.18. The van der Waals surface area contributed by atoms with Gasteiger partial charge in [-0.3, -0.25) is 4.79 Å². The van der Waals surface area contributed by atoms with Gasteiger partial charge in [0.15, 0.2) is 0 Å². The molecule has 0 unspecified atom stereocenters. The Morgan fingerprint density at radius 1 is 0.879 bits per heavy atom. The van der Waals surface area contributed by atoms with Crippen molar-refractivity contribution in [2.24, 2.45) is 5.92 Å². The molecule has 1 fully saturated rings. The highest BCUT2D eigenvalue weighted by Crippen LogP contribution is 2.37. The number of benzene rings is 3. The van der Waals surface area contributed by atoms with Crippen LogP contribution in [0.15, 0.2) is 78.2 Å². The van der Waals surface area contributed by atoms with Gasteiger partial charge in [0.25, 0.3) is 0 Å². The Bertz CT molecular complexity index is 1310. The number of hydrogen-bond acceptors (Lipinski definition) is 3. The summed E-state index contributed by atoms with van der Waals surface area (Å²) < 4.78 is 26.8. The van der Waals surface area contributed by atoms with Gasteiger partial charge in [0.05, 0.1) is 0 Å². The van der Waals surface area contributed by atoms with E-state index >= 15 is 0 Å². The zero-order chi connectivity index (χ0) is 22.8. The minimum Gasteiger partial charge on any atom is -0.326 e. The van der Waals surface area contributed by atoms with E-state index in [2.05, 4.69) is 35.6 Å². The maximum atomic E-state index is 12.9. The third-order valence-electron chi connectivity index (χ3n) is 6.48. The highest BCUT2D eigenvalue weighted by Gasteiger charge is 2.30. The van der Waals surface area contributed by atoms with E-state index in [-0.39, 0.29) is 11.8 Å². The fraction of sp³-hybridized carbons (Fsp3) is 0.222. The van der Waals surface area contributed by atoms with Gasteiger partial charge in [0.1, 0.15) is 0 Å². The fourth-order valence-corrected chi connectivity index (χ4v) is 5.88. The normalized spacial score (nSPS) is 16.5. The standard InChI is InChI=1S/C27H26N2O3S/c30-27(28-24-10-11-26-23(19-24)18-22-8-4-5-9-25(22)26)21-12-15-29(16-13-21)33(31,32)17-14-20-6-2-1-3-7-20/h1-11,14,17,19,21H,12-13,15-16,18H2,(H,28,30)/b17-14+. The molecule has 0 bridgehead atoms. The number of rotatable bonds is 5. The number of piperidine rings is 1. The van der Waals surface area contributed by atoms with Crippen molar-refractivity contribution < 1.29 is 13.2 Å².